The Hall–Kier alpha value is -2.02. The van der Waals surface area contributed by atoms with E-state index in [-0.39, 0.29) is 5.91 Å². The van der Waals surface area contributed by atoms with Gasteiger partial charge in [0.15, 0.2) is 5.82 Å². The highest BCUT2D eigenvalue weighted by atomic mass is 35.5. The third-order valence-electron chi connectivity index (χ3n) is 2.69. The van der Waals surface area contributed by atoms with Crippen LogP contribution >= 0.6 is 34.5 Å². The summed E-state index contributed by atoms with van der Waals surface area (Å²) < 4.78 is 4.23. The van der Waals surface area contributed by atoms with E-state index in [2.05, 4.69) is 14.7 Å². The van der Waals surface area contributed by atoms with Crippen LogP contribution in [0.2, 0.25) is 5.02 Å². The van der Waals surface area contributed by atoms with Gasteiger partial charge in [0.25, 0.3) is 0 Å². The van der Waals surface area contributed by atoms with Gasteiger partial charge in [0.05, 0.1) is 4.88 Å². The highest BCUT2D eigenvalue weighted by molar-refractivity contribution is 7.14. The maximum atomic E-state index is 11.9. The maximum Gasteiger partial charge on any atom is 0.250 e. The zero-order valence-electron chi connectivity index (χ0n) is 11.2. The van der Waals surface area contributed by atoms with E-state index in [0.717, 1.165) is 22.0 Å². The van der Waals surface area contributed by atoms with Gasteiger partial charge in [-0.25, -0.2) is 0 Å². The molecule has 110 valence electrons. The largest absolute Gasteiger partial charge is 0.297 e. The molecule has 7 heteroatoms. The van der Waals surface area contributed by atoms with Crippen molar-refractivity contribution in [3.8, 4) is 10.7 Å². The molecule has 22 heavy (non-hydrogen) atoms. The number of rotatable bonds is 4. The fourth-order valence-electron chi connectivity index (χ4n) is 1.67. The van der Waals surface area contributed by atoms with Gasteiger partial charge in [-0.1, -0.05) is 29.8 Å². The number of halogens is 1. The Morgan fingerprint density at radius 1 is 1.23 bits per heavy atom. The standard InChI is InChI=1S/C15H10ClN3OS2/c16-11-6-3-10(4-7-11)5-8-13(20)17-15-18-14(19-22-15)12-2-1-9-21-12/h1-9H,(H,17,18,19,20)/b8-5+. The van der Waals surface area contributed by atoms with Crippen molar-refractivity contribution in [2.45, 2.75) is 0 Å². The number of hydrogen-bond acceptors (Lipinski definition) is 5. The number of anilines is 1. The number of amides is 1. The minimum Gasteiger partial charge on any atom is -0.297 e. The second-order valence-electron chi connectivity index (χ2n) is 4.27. The van der Waals surface area contributed by atoms with Crippen molar-refractivity contribution in [3.05, 3.63) is 58.4 Å². The summed E-state index contributed by atoms with van der Waals surface area (Å²) in [6.07, 6.45) is 3.17. The van der Waals surface area contributed by atoms with Gasteiger partial charge in [0.2, 0.25) is 11.0 Å². The third kappa shape index (κ3) is 3.79. The fourth-order valence-corrected chi connectivity index (χ4v) is 3.10. The normalized spacial score (nSPS) is 11.0. The number of benzene rings is 1. The molecule has 0 saturated heterocycles. The first-order valence-corrected chi connectivity index (χ1v) is 8.36. The van der Waals surface area contributed by atoms with Gasteiger partial charge in [-0.2, -0.15) is 9.36 Å². The number of thiophene rings is 1. The molecule has 0 radical (unpaired) electrons. The van der Waals surface area contributed by atoms with Gasteiger partial charge in [-0.05, 0) is 35.2 Å². The average molecular weight is 348 g/mol. The van der Waals surface area contributed by atoms with Crippen LogP contribution in [0, 0.1) is 0 Å². The number of nitrogens with zero attached hydrogens (tertiary/aromatic N) is 2. The molecule has 3 rings (SSSR count). The van der Waals surface area contributed by atoms with Crippen LogP contribution in [-0.4, -0.2) is 15.3 Å². The van der Waals surface area contributed by atoms with Gasteiger partial charge < -0.3 is 0 Å². The van der Waals surface area contributed by atoms with Crippen molar-refractivity contribution in [2.75, 3.05) is 5.32 Å². The lowest BCUT2D eigenvalue weighted by molar-refractivity contribution is -0.111. The van der Waals surface area contributed by atoms with Crippen molar-refractivity contribution in [1.29, 1.82) is 0 Å². The topological polar surface area (TPSA) is 54.9 Å². The van der Waals surface area contributed by atoms with Crippen LogP contribution < -0.4 is 5.32 Å². The summed E-state index contributed by atoms with van der Waals surface area (Å²) in [5, 5.41) is 5.81. The molecule has 1 aromatic carbocycles. The molecule has 1 amide bonds. The summed E-state index contributed by atoms with van der Waals surface area (Å²) in [6.45, 7) is 0. The number of aromatic nitrogens is 2. The van der Waals surface area contributed by atoms with Gasteiger partial charge in [0.1, 0.15) is 0 Å². The fraction of sp³-hybridized carbons (Fsp3) is 0. The number of carbonyl (C=O) groups is 1. The predicted molar refractivity (Wildman–Crippen MR) is 92.3 cm³/mol. The van der Waals surface area contributed by atoms with Crippen LogP contribution in [0.15, 0.2) is 47.9 Å². The molecule has 0 aliphatic heterocycles. The Morgan fingerprint density at radius 3 is 2.77 bits per heavy atom. The lowest BCUT2D eigenvalue weighted by Gasteiger charge is -1.96. The molecular formula is C15H10ClN3OS2. The van der Waals surface area contributed by atoms with Crippen molar-refractivity contribution in [1.82, 2.24) is 9.36 Å². The van der Waals surface area contributed by atoms with Crippen LogP contribution in [-0.2, 0) is 4.79 Å². The second kappa shape index (κ2) is 6.83. The van der Waals surface area contributed by atoms with Crippen LogP contribution in [0.1, 0.15) is 5.56 Å². The summed E-state index contributed by atoms with van der Waals surface area (Å²) >= 11 is 8.53. The van der Waals surface area contributed by atoms with Crippen molar-refractivity contribution in [2.24, 2.45) is 0 Å². The van der Waals surface area contributed by atoms with Crippen LogP contribution in [0.5, 0.6) is 0 Å². The van der Waals surface area contributed by atoms with E-state index in [9.17, 15) is 4.79 Å². The first-order chi connectivity index (χ1) is 10.7. The molecule has 0 saturated carbocycles. The summed E-state index contributed by atoms with van der Waals surface area (Å²) in [7, 11) is 0. The summed E-state index contributed by atoms with van der Waals surface area (Å²) in [4.78, 5) is 17.1. The highest BCUT2D eigenvalue weighted by Gasteiger charge is 2.08. The van der Waals surface area contributed by atoms with Gasteiger partial charge in [-0.15, -0.1) is 11.3 Å². The zero-order chi connectivity index (χ0) is 15.4. The van der Waals surface area contributed by atoms with E-state index in [1.807, 2.05) is 29.6 Å². The van der Waals surface area contributed by atoms with Crippen molar-refractivity contribution in [3.63, 3.8) is 0 Å². The summed E-state index contributed by atoms with van der Waals surface area (Å²) in [5.74, 6) is 0.390. The molecule has 0 aliphatic rings. The zero-order valence-corrected chi connectivity index (χ0v) is 13.6. The number of hydrogen-bond donors (Lipinski definition) is 1. The lowest BCUT2D eigenvalue weighted by atomic mass is 10.2. The molecular weight excluding hydrogens is 338 g/mol. The number of carbonyl (C=O) groups excluding carboxylic acids is 1. The van der Waals surface area contributed by atoms with Gasteiger partial charge in [-0.3, -0.25) is 10.1 Å². The van der Waals surface area contributed by atoms with E-state index in [4.69, 9.17) is 11.6 Å². The summed E-state index contributed by atoms with van der Waals surface area (Å²) in [5.41, 5.74) is 0.899. The van der Waals surface area contributed by atoms with Crippen LogP contribution in [0.25, 0.3) is 16.8 Å². The smallest absolute Gasteiger partial charge is 0.250 e. The van der Waals surface area contributed by atoms with Crippen LogP contribution in [0.3, 0.4) is 0 Å². The second-order valence-corrected chi connectivity index (χ2v) is 6.41. The lowest BCUT2D eigenvalue weighted by Crippen LogP contribution is -2.07. The van der Waals surface area contributed by atoms with E-state index >= 15 is 0 Å². The molecule has 3 aromatic rings. The van der Waals surface area contributed by atoms with E-state index in [0.29, 0.717) is 16.0 Å². The Morgan fingerprint density at radius 2 is 2.05 bits per heavy atom. The molecule has 0 spiro atoms. The molecule has 0 bridgehead atoms. The molecule has 0 aliphatic carbocycles. The Balaban J connectivity index is 1.63. The van der Waals surface area contributed by atoms with Gasteiger partial charge in [0, 0.05) is 22.6 Å². The van der Waals surface area contributed by atoms with E-state index in [1.165, 1.54) is 6.08 Å². The monoisotopic (exact) mass is 347 g/mol. The first-order valence-electron chi connectivity index (χ1n) is 6.33. The Labute approximate surface area is 140 Å². The van der Waals surface area contributed by atoms with Crippen LogP contribution in [0.4, 0.5) is 5.13 Å². The third-order valence-corrected chi connectivity index (χ3v) is 4.44. The molecule has 0 unspecified atom stereocenters. The number of nitrogens with one attached hydrogen (secondary N) is 1. The SMILES string of the molecule is O=C(/C=C/c1ccc(Cl)cc1)Nc1nc(-c2cccs2)ns1. The average Bonchev–Trinajstić information content (AvgIpc) is 3.17. The molecule has 0 atom stereocenters. The summed E-state index contributed by atoms with van der Waals surface area (Å²) in [6, 6.07) is 11.1. The highest BCUT2D eigenvalue weighted by Crippen LogP contribution is 2.24. The molecule has 2 heterocycles. The first kappa shape index (κ1) is 14.9. The molecule has 1 N–H and O–H groups in total. The Bertz CT molecular complexity index is 795. The molecule has 0 fully saturated rings. The van der Waals surface area contributed by atoms with E-state index in [1.54, 1.807) is 29.5 Å². The van der Waals surface area contributed by atoms with E-state index < -0.39 is 0 Å². The van der Waals surface area contributed by atoms with Crippen molar-refractivity contribution < 1.29 is 4.79 Å². The molecule has 2 aromatic heterocycles. The Kier molecular flexibility index (Phi) is 4.62. The minimum absolute atomic E-state index is 0.246. The minimum atomic E-state index is -0.246. The van der Waals surface area contributed by atoms with Gasteiger partial charge >= 0.3 is 0 Å². The predicted octanol–water partition coefficient (Wildman–Crippen LogP) is 4.57. The maximum absolute atomic E-state index is 11.9. The van der Waals surface area contributed by atoms with Crippen molar-refractivity contribution >= 4 is 51.6 Å². The quantitative estimate of drug-likeness (QED) is 0.703. The molecule has 4 nitrogen and oxygen atoms in total.